The van der Waals surface area contributed by atoms with Crippen molar-refractivity contribution in [1.82, 2.24) is 4.72 Å². The lowest BCUT2D eigenvalue weighted by Crippen LogP contribution is -2.27. The fourth-order valence-corrected chi connectivity index (χ4v) is 4.36. The van der Waals surface area contributed by atoms with E-state index in [0.717, 1.165) is 4.88 Å². The monoisotopic (exact) mass is 330 g/mol. The van der Waals surface area contributed by atoms with Gasteiger partial charge in [-0.1, -0.05) is 29.8 Å². The molecule has 0 amide bonds. The molecule has 0 saturated carbocycles. The lowest BCUT2D eigenvalue weighted by Gasteiger charge is -2.13. The Bertz CT molecular complexity index is 698. The van der Waals surface area contributed by atoms with E-state index in [1.165, 1.54) is 11.3 Å². The van der Waals surface area contributed by atoms with Gasteiger partial charge in [-0.2, -0.15) is 0 Å². The zero-order chi connectivity index (χ0) is 14.8. The van der Waals surface area contributed by atoms with Crippen molar-refractivity contribution in [3.05, 3.63) is 51.2 Å². The lowest BCUT2D eigenvalue weighted by molar-refractivity contribution is 0.567. The van der Waals surface area contributed by atoms with Crippen molar-refractivity contribution in [2.75, 3.05) is 5.73 Å². The first-order valence-electron chi connectivity index (χ1n) is 5.96. The molecule has 1 heterocycles. The van der Waals surface area contributed by atoms with E-state index in [2.05, 4.69) is 4.72 Å². The number of nitrogens with one attached hydrogen (secondary N) is 1. The topological polar surface area (TPSA) is 72.2 Å². The van der Waals surface area contributed by atoms with Gasteiger partial charge in [0.15, 0.2) is 0 Å². The van der Waals surface area contributed by atoms with Gasteiger partial charge in [-0.05, 0) is 30.7 Å². The predicted molar refractivity (Wildman–Crippen MR) is 84.4 cm³/mol. The second kappa shape index (κ2) is 6.13. The molecule has 0 saturated heterocycles. The van der Waals surface area contributed by atoms with Gasteiger partial charge in [0.1, 0.15) is 0 Å². The van der Waals surface area contributed by atoms with Crippen LogP contribution in [0.25, 0.3) is 0 Å². The van der Waals surface area contributed by atoms with Crippen LogP contribution < -0.4 is 10.5 Å². The van der Waals surface area contributed by atoms with E-state index in [4.69, 9.17) is 17.3 Å². The summed E-state index contributed by atoms with van der Waals surface area (Å²) in [6, 6.07) is 10.2. The molecule has 1 unspecified atom stereocenters. The molecule has 0 aliphatic heterocycles. The Hall–Kier alpha value is -1.08. The van der Waals surface area contributed by atoms with Gasteiger partial charge in [-0.3, -0.25) is 0 Å². The number of benzene rings is 1. The molecule has 1 aromatic carbocycles. The molecular weight excluding hydrogens is 316 g/mol. The summed E-state index contributed by atoms with van der Waals surface area (Å²) in [5.74, 6) is -0.136. The molecule has 3 N–H and O–H groups in total. The lowest BCUT2D eigenvalue weighted by atomic mass is 10.2. The molecule has 108 valence electrons. The average molecular weight is 331 g/mol. The Balaban J connectivity index is 2.10. The molecule has 0 aliphatic rings. The maximum Gasteiger partial charge on any atom is 0.216 e. The Morgan fingerprint density at radius 3 is 2.60 bits per heavy atom. The van der Waals surface area contributed by atoms with Crippen LogP contribution in [-0.4, -0.2) is 8.42 Å². The Labute approximate surface area is 127 Å². The third kappa shape index (κ3) is 3.96. The van der Waals surface area contributed by atoms with Crippen LogP contribution in [0.2, 0.25) is 4.34 Å². The number of anilines is 1. The molecule has 0 spiro atoms. The third-order valence-electron chi connectivity index (χ3n) is 2.78. The Morgan fingerprint density at radius 2 is 2.00 bits per heavy atom. The maximum absolute atomic E-state index is 12.1. The summed E-state index contributed by atoms with van der Waals surface area (Å²) in [6.07, 6.45) is 0. The van der Waals surface area contributed by atoms with Gasteiger partial charge in [0.2, 0.25) is 10.0 Å². The standard InChI is InChI=1S/C13H15ClN2O2S2/c1-9(12-6-7-13(14)19-12)16-20(17,18)8-10-4-2-3-5-11(10)15/h2-7,9,16H,8,15H2,1H3. The summed E-state index contributed by atoms with van der Waals surface area (Å²) in [5.41, 5.74) is 6.84. The number of nitrogens with two attached hydrogens (primary N) is 1. The summed E-state index contributed by atoms with van der Waals surface area (Å²) < 4.78 is 27.6. The quantitative estimate of drug-likeness (QED) is 0.827. The smallest absolute Gasteiger partial charge is 0.216 e. The predicted octanol–water partition coefficient (Wildman–Crippen LogP) is 3.16. The summed E-state index contributed by atoms with van der Waals surface area (Å²) in [4.78, 5) is 0.875. The zero-order valence-electron chi connectivity index (χ0n) is 10.8. The van der Waals surface area contributed by atoms with Crippen LogP contribution in [0, 0.1) is 0 Å². The molecule has 2 aromatic rings. The van der Waals surface area contributed by atoms with Gasteiger partial charge in [0, 0.05) is 10.6 Å². The van der Waals surface area contributed by atoms with Crippen LogP contribution >= 0.6 is 22.9 Å². The van der Waals surface area contributed by atoms with Crippen molar-refractivity contribution in [3.8, 4) is 0 Å². The molecule has 7 heteroatoms. The van der Waals surface area contributed by atoms with Crippen molar-refractivity contribution in [3.63, 3.8) is 0 Å². The van der Waals surface area contributed by atoms with E-state index in [1.54, 1.807) is 37.3 Å². The normalized spacial score (nSPS) is 13.3. The van der Waals surface area contributed by atoms with E-state index in [0.29, 0.717) is 15.6 Å². The van der Waals surface area contributed by atoms with Crippen molar-refractivity contribution in [1.29, 1.82) is 0 Å². The highest BCUT2D eigenvalue weighted by Gasteiger charge is 2.18. The number of hydrogen-bond donors (Lipinski definition) is 2. The Morgan fingerprint density at radius 1 is 1.30 bits per heavy atom. The van der Waals surface area contributed by atoms with E-state index in [-0.39, 0.29) is 11.8 Å². The van der Waals surface area contributed by atoms with Crippen molar-refractivity contribution >= 4 is 38.6 Å². The second-order valence-corrected chi connectivity index (χ2v) is 7.94. The number of sulfonamides is 1. The number of nitrogen functional groups attached to an aromatic ring is 1. The summed E-state index contributed by atoms with van der Waals surface area (Å²) in [5, 5.41) is 0. The van der Waals surface area contributed by atoms with Crippen molar-refractivity contribution in [2.24, 2.45) is 0 Å². The van der Waals surface area contributed by atoms with Gasteiger partial charge >= 0.3 is 0 Å². The molecule has 1 atom stereocenters. The SMILES string of the molecule is CC(NS(=O)(=O)Cc1ccccc1N)c1ccc(Cl)s1. The first-order chi connectivity index (χ1) is 9.37. The highest BCUT2D eigenvalue weighted by Crippen LogP contribution is 2.27. The number of halogens is 1. The maximum atomic E-state index is 12.1. The second-order valence-electron chi connectivity index (χ2n) is 4.44. The Kier molecular flexibility index (Phi) is 4.70. The van der Waals surface area contributed by atoms with Crippen molar-refractivity contribution in [2.45, 2.75) is 18.7 Å². The van der Waals surface area contributed by atoms with Gasteiger partial charge in [-0.25, -0.2) is 13.1 Å². The number of rotatable bonds is 5. The average Bonchev–Trinajstić information content (AvgIpc) is 2.78. The van der Waals surface area contributed by atoms with Crippen LogP contribution in [0.1, 0.15) is 23.4 Å². The molecule has 0 bridgehead atoms. The summed E-state index contributed by atoms with van der Waals surface area (Å²) in [7, 11) is -3.46. The van der Waals surface area contributed by atoms with E-state index in [1.807, 2.05) is 6.07 Å². The summed E-state index contributed by atoms with van der Waals surface area (Å²) in [6.45, 7) is 1.79. The first kappa shape index (κ1) is 15.3. The highest BCUT2D eigenvalue weighted by atomic mass is 35.5. The molecule has 4 nitrogen and oxygen atoms in total. The molecule has 2 rings (SSSR count). The molecule has 0 fully saturated rings. The minimum atomic E-state index is -3.46. The fraction of sp³-hybridized carbons (Fsp3) is 0.231. The zero-order valence-corrected chi connectivity index (χ0v) is 13.2. The van der Waals surface area contributed by atoms with Crippen LogP contribution in [-0.2, 0) is 15.8 Å². The highest BCUT2D eigenvalue weighted by molar-refractivity contribution is 7.88. The van der Waals surface area contributed by atoms with Gasteiger partial charge in [0.25, 0.3) is 0 Å². The first-order valence-corrected chi connectivity index (χ1v) is 8.81. The van der Waals surface area contributed by atoms with E-state index >= 15 is 0 Å². The van der Waals surface area contributed by atoms with Gasteiger partial charge < -0.3 is 5.73 Å². The molecule has 0 radical (unpaired) electrons. The van der Waals surface area contributed by atoms with Crippen LogP contribution in [0.15, 0.2) is 36.4 Å². The molecule has 1 aromatic heterocycles. The minimum Gasteiger partial charge on any atom is -0.398 e. The van der Waals surface area contributed by atoms with Gasteiger partial charge in [-0.15, -0.1) is 11.3 Å². The largest absolute Gasteiger partial charge is 0.398 e. The molecule has 0 aliphatic carbocycles. The van der Waals surface area contributed by atoms with Gasteiger partial charge in [0.05, 0.1) is 16.1 Å². The molecular formula is C13H15ClN2O2S2. The fourth-order valence-electron chi connectivity index (χ4n) is 1.80. The number of thiophene rings is 1. The number of para-hydroxylation sites is 1. The van der Waals surface area contributed by atoms with Crippen LogP contribution in [0.4, 0.5) is 5.69 Å². The minimum absolute atomic E-state index is 0.136. The number of hydrogen-bond acceptors (Lipinski definition) is 4. The van der Waals surface area contributed by atoms with Crippen molar-refractivity contribution < 1.29 is 8.42 Å². The summed E-state index contributed by atoms with van der Waals surface area (Å²) >= 11 is 7.21. The van der Waals surface area contributed by atoms with Crippen LogP contribution in [0.3, 0.4) is 0 Å². The molecule has 20 heavy (non-hydrogen) atoms. The van der Waals surface area contributed by atoms with E-state index in [9.17, 15) is 8.42 Å². The van der Waals surface area contributed by atoms with Crippen LogP contribution in [0.5, 0.6) is 0 Å². The third-order valence-corrected chi connectivity index (χ3v) is 5.60. The van der Waals surface area contributed by atoms with E-state index < -0.39 is 10.0 Å².